The summed E-state index contributed by atoms with van der Waals surface area (Å²) in [7, 11) is 0. The Kier molecular flexibility index (Phi) is 11.1. The zero-order valence-electron chi connectivity index (χ0n) is 22.3. The van der Waals surface area contributed by atoms with Gasteiger partial charge in [-0.25, -0.2) is 5.84 Å². The van der Waals surface area contributed by atoms with Crippen LogP contribution in [0.15, 0.2) is 48.5 Å². The number of nitrogens with one attached hydrogen (secondary N) is 1. The first kappa shape index (κ1) is 29.1. The molecule has 10 nitrogen and oxygen atoms in total. The molecule has 0 radical (unpaired) electrons. The van der Waals surface area contributed by atoms with Crippen molar-refractivity contribution in [3.63, 3.8) is 0 Å². The van der Waals surface area contributed by atoms with Crippen LogP contribution in [0, 0.1) is 5.92 Å². The number of fused-ring (bicyclic) bond motifs is 2. The second-order valence-electron chi connectivity index (χ2n) is 9.32. The van der Waals surface area contributed by atoms with Crippen LogP contribution in [0.5, 0.6) is 0 Å². The highest BCUT2D eigenvalue weighted by atomic mass is 16.5. The Morgan fingerprint density at radius 3 is 2.37 bits per heavy atom. The molecule has 2 amide bonds. The van der Waals surface area contributed by atoms with E-state index in [4.69, 9.17) is 26.8 Å². The normalized spacial score (nSPS) is 14.9. The monoisotopic (exact) mass is 524 g/mol. The fraction of sp³-hybridized carbons (Fsp3) is 0.429. The Morgan fingerprint density at radius 2 is 1.66 bits per heavy atom. The molecule has 1 aliphatic heterocycles. The average Bonchev–Trinajstić information content (AvgIpc) is 2.91. The number of anilines is 1. The summed E-state index contributed by atoms with van der Waals surface area (Å²) in [5, 5.41) is 4.43. The standard InChI is InChI=1S/C28H40N6O4/c1-20(2)28(36)32-13-11-25(35)33-19-21-7-3-4-8-22(21)27(26(30)23-9-5-6-10-24(23)33)34(31)14-16-38-18-17-37-15-12-29/h3-10,20H,11-19,29-31H2,1-2H3,(H,32,36)/b27-26-. The minimum Gasteiger partial charge on any atom is -0.396 e. The molecule has 1 aliphatic rings. The van der Waals surface area contributed by atoms with Gasteiger partial charge in [0.25, 0.3) is 0 Å². The van der Waals surface area contributed by atoms with Crippen molar-refractivity contribution in [3.05, 3.63) is 65.2 Å². The zero-order valence-corrected chi connectivity index (χ0v) is 22.3. The molecule has 2 aromatic rings. The van der Waals surface area contributed by atoms with Gasteiger partial charge in [-0.05, 0) is 11.6 Å². The number of hydrogen-bond acceptors (Lipinski definition) is 8. The van der Waals surface area contributed by atoms with E-state index in [0.29, 0.717) is 68.7 Å². The topological polar surface area (TPSA) is 149 Å². The van der Waals surface area contributed by atoms with Gasteiger partial charge in [0.05, 0.1) is 56.6 Å². The smallest absolute Gasteiger partial charge is 0.229 e. The van der Waals surface area contributed by atoms with Crippen LogP contribution >= 0.6 is 0 Å². The lowest BCUT2D eigenvalue weighted by molar-refractivity contribution is -0.124. The minimum absolute atomic E-state index is 0.0804. The van der Waals surface area contributed by atoms with Gasteiger partial charge in [-0.3, -0.25) is 9.59 Å². The van der Waals surface area contributed by atoms with Gasteiger partial charge in [-0.1, -0.05) is 56.3 Å². The number of para-hydroxylation sites is 1. The summed E-state index contributed by atoms with van der Waals surface area (Å²) in [5.74, 6) is 6.22. The predicted molar refractivity (Wildman–Crippen MR) is 149 cm³/mol. The maximum Gasteiger partial charge on any atom is 0.229 e. The number of carbonyl (C=O) groups excluding carboxylic acids is 2. The molecular weight excluding hydrogens is 484 g/mol. The lowest BCUT2D eigenvalue weighted by Gasteiger charge is -2.33. The molecule has 10 heteroatoms. The van der Waals surface area contributed by atoms with Crippen molar-refractivity contribution in [3.8, 4) is 0 Å². The van der Waals surface area contributed by atoms with E-state index in [0.717, 1.165) is 11.1 Å². The van der Waals surface area contributed by atoms with E-state index in [1.165, 1.54) is 0 Å². The van der Waals surface area contributed by atoms with Crippen LogP contribution in [0.3, 0.4) is 0 Å². The molecule has 2 aromatic carbocycles. The van der Waals surface area contributed by atoms with Crippen molar-refractivity contribution < 1.29 is 19.1 Å². The van der Waals surface area contributed by atoms with E-state index < -0.39 is 0 Å². The molecule has 7 N–H and O–H groups in total. The Balaban J connectivity index is 1.86. The maximum atomic E-state index is 13.4. The number of carbonyl (C=O) groups is 2. The van der Waals surface area contributed by atoms with Gasteiger partial charge in [0.1, 0.15) is 0 Å². The van der Waals surface area contributed by atoms with Gasteiger partial charge in [-0.2, -0.15) is 0 Å². The fourth-order valence-corrected chi connectivity index (χ4v) is 4.20. The highest BCUT2D eigenvalue weighted by Gasteiger charge is 2.27. The van der Waals surface area contributed by atoms with Crippen molar-refractivity contribution in [1.82, 2.24) is 10.3 Å². The first-order chi connectivity index (χ1) is 18.3. The Hall–Kier alpha value is -3.44. The van der Waals surface area contributed by atoms with E-state index in [1.54, 1.807) is 9.91 Å². The van der Waals surface area contributed by atoms with E-state index >= 15 is 0 Å². The molecule has 0 fully saturated rings. The van der Waals surface area contributed by atoms with E-state index in [-0.39, 0.29) is 30.7 Å². The second-order valence-corrected chi connectivity index (χ2v) is 9.32. The third kappa shape index (κ3) is 7.55. The lowest BCUT2D eigenvalue weighted by atomic mass is 9.95. The molecule has 0 spiro atoms. The van der Waals surface area contributed by atoms with Gasteiger partial charge < -0.3 is 36.2 Å². The summed E-state index contributed by atoms with van der Waals surface area (Å²) in [4.78, 5) is 27.1. The molecule has 0 bridgehead atoms. The van der Waals surface area contributed by atoms with E-state index in [1.807, 2.05) is 62.4 Å². The summed E-state index contributed by atoms with van der Waals surface area (Å²) in [5.41, 5.74) is 16.5. The fourth-order valence-electron chi connectivity index (χ4n) is 4.20. The Morgan fingerprint density at radius 1 is 1.00 bits per heavy atom. The predicted octanol–water partition coefficient (Wildman–Crippen LogP) is 1.65. The summed E-state index contributed by atoms with van der Waals surface area (Å²) >= 11 is 0. The van der Waals surface area contributed by atoms with Crippen molar-refractivity contribution in [2.24, 2.45) is 23.2 Å². The molecule has 3 rings (SSSR count). The molecule has 0 saturated carbocycles. The second kappa shape index (κ2) is 14.5. The van der Waals surface area contributed by atoms with Crippen molar-refractivity contribution in [1.29, 1.82) is 0 Å². The molecule has 0 unspecified atom stereocenters. The molecular formula is C28H40N6O4. The van der Waals surface area contributed by atoms with Crippen LogP contribution in [0.2, 0.25) is 0 Å². The quantitative estimate of drug-likeness (QED) is 0.176. The molecule has 0 aromatic heterocycles. The third-order valence-corrected chi connectivity index (χ3v) is 6.20. The highest BCUT2D eigenvalue weighted by Crippen LogP contribution is 2.36. The summed E-state index contributed by atoms with van der Waals surface area (Å²) < 4.78 is 11.0. The largest absolute Gasteiger partial charge is 0.396 e. The number of hydrogen-bond donors (Lipinski definition) is 4. The lowest BCUT2D eigenvalue weighted by Crippen LogP contribution is -2.38. The van der Waals surface area contributed by atoms with Crippen LogP contribution in [-0.2, 0) is 25.6 Å². The molecule has 38 heavy (non-hydrogen) atoms. The van der Waals surface area contributed by atoms with E-state index in [9.17, 15) is 9.59 Å². The summed E-state index contributed by atoms with van der Waals surface area (Å²) in [6.07, 6.45) is 0.167. The van der Waals surface area contributed by atoms with Crippen LogP contribution in [0.25, 0.3) is 11.4 Å². The van der Waals surface area contributed by atoms with E-state index in [2.05, 4.69) is 5.32 Å². The molecule has 206 valence electrons. The van der Waals surface area contributed by atoms with Crippen LogP contribution in [0.1, 0.15) is 37.0 Å². The number of rotatable bonds is 13. The van der Waals surface area contributed by atoms with Gasteiger partial charge >= 0.3 is 0 Å². The van der Waals surface area contributed by atoms with Gasteiger partial charge in [0, 0.05) is 36.6 Å². The van der Waals surface area contributed by atoms with Gasteiger partial charge in [0.2, 0.25) is 11.8 Å². The van der Waals surface area contributed by atoms with Crippen LogP contribution in [0.4, 0.5) is 5.69 Å². The third-order valence-electron chi connectivity index (χ3n) is 6.20. The molecule has 0 saturated heterocycles. The molecule has 0 aliphatic carbocycles. The maximum absolute atomic E-state index is 13.4. The molecule has 1 heterocycles. The van der Waals surface area contributed by atoms with Crippen molar-refractivity contribution in [2.45, 2.75) is 26.8 Å². The van der Waals surface area contributed by atoms with Crippen LogP contribution in [-0.4, -0.2) is 62.9 Å². The summed E-state index contributed by atoms with van der Waals surface area (Å²) in [6, 6.07) is 15.3. The van der Waals surface area contributed by atoms with Crippen molar-refractivity contribution >= 4 is 28.9 Å². The average molecular weight is 525 g/mol. The number of nitrogens with zero attached hydrogens (tertiary/aromatic N) is 2. The number of amides is 2. The molecule has 0 atom stereocenters. The Labute approximate surface area is 224 Å². The number of nitrogens with two attached hydrogens (primary N) is 3. The highest BCUT2D eigenvalue weighted by molar-refractivity contribution is 6.01. The number of benzene rings is 2. The Bertz CT molecular complexity index is 1120. The first-order valence-electron chi connectivity index (χ1n) is 13.0. The SMILES string of the molecule is CC(C)C(=O)NCCC(=O)N1Cc2ccccc2/C(N(N)CCOCCOCCN)=C(/N)c2ccccc21. The van der Waals surface area contributed by atoms with Gasteiger partial charge in [0.15, 0.2) is 0 Å². The van der Waals surface area contributed by atoms with Crippen LogP contribution < -0.4 is 27.5 Å². The minimum atomic E-state index is -0.142. The van der Waals surface area contributed by atoms with Crippen molar-refractivity contribution in [2.75, 3.05) is 51.0 Å². The number of hydrazine groups is 1. The van der Waals surface area contributed by atoms with Gasteiger partial charge in [-0.15, -0.1) is 0 Å². The zero-order chi connectivity index (χ0) is 27.5. The number of ether oxygens (including phenoxy) is 2. The summed E-state index contributed by atoms with van der Waals surface area (Å²) in [6.45, 7) is 6.91. The first-order valence-corrected chi connectivity index (χ1v) is 13.0.